The maximum absolute atomic E-state index is 14.9. The van der Waals surface area contributed by atoms with Crippen LogP contribution in [0.2, 0.25) is 0 Å². The van der Waals surface area contributed by atoms with Crippen molar-refractivity contribution in [3.05, 3.63) is 88.4 Å². The minimum atomic E-state index is -1.08. The van der Waals surface area contributed by atoms with Gasteiger partial charge in [0.25, 0.3) is 5.56 Å². The molecule has 0 bridgehead atoms. The van der Waals surface area contributed by atoms with Gasteiger partial charge in [-0.05, 0) is 30.5 Å². The Kier molecular flexibility index (Phi) is 7.02. The Hall–Kier alpha value is -4.19. The first-order chi connectivity index (χ1) is 19.7. The third-order valence-electron chi connectivity index (χ3n) is 8.09. The number of hydrogen-bond acceptors (Lipinski definition) is 7. The molecule has 0 unspecified atom stereocenters. The fraction of sp³-hybridized carbons (Fsp3) is 0.333. The second kappa shape index (κ2) is 10.7. The summed E-state index contributed by atoms with van der Waals surface area (Å²) in [4.78, 5) is 20.1. The molecule has 11 heteroatoms. The number of aryl methyl sites for hydroxylation is 2. The average molecular weight is 557 g/mol. The maximum atomic E-state index is 14.9. The summed E-state index contributed by atoms with van der Waals surface area (Å²) in [5.74, 6) is -0.263. The number of benzene rings is 2. The quantitative estimate of drug-likeness (QED) is 0.316. The van der Waals surface area contributed by atoms with E-state index in [1.54, 1.807) is 28.7 Å². The van der Waals surface area contributed by atoms with Crippen LogP contribution in [0.15, 0.2) is 65.8 Å². The van der Waals surface area contributed by atoms with Gasteiger partial charge < -0.3 is 10.8 Å². The highest BCUT2D eigenvalue weighted by molar-refractivity contribution is 5.89. The molecule has 1 fully saturated rings. The summed E-state index contributed by atoms with van der Waals surface area (Å²) in [6.07, 6.45) is 4.09. The highest BCUT2D eigenvalue weighted by atomic mass is 19.1. The molecular formula is C30H33FN8O2. The van der Waals surface area contributed by atoms with Crippen molar-refractivity contribution in [1.82, 2.24) is 34.0 Å². The Balaban J connectivity index is 1.14. The first-order valence-corrected chi connectivity index (χ1v) is 13.7. The van der Waals surface area contributed by atoms with Gasteiger partial charge in [-0.1, -0.05) is 36.4 Å². The lowest BCUT2D eigenvalue weighted by atomic mass is 9.91. The Bertz CT molecular complexity index is 1760. The van der Waals surface area contributed by atoms with Crippen molar-refractivity contribution in [2.24, 2.45) is 19.8 Å². The van der Waals surface area contributed by atoms with Crippen LogP contribution >= 0.6 is 0 Å². The molecule has 0 amide bonds. The molecule has 1 aliphatic heterocycles. The van der Waals surface area contributed by atoms with E-state index in [9.17, 15) is 14.3 Å². The van der Waals surface area contributed by atoms with Crippen molar-refractivity contribution < 1.29 is 9.50 Å². The van der Waals surface area contributed by atoms with Crippen LogP contribution in [0.4, 0.5) is 4.39 Å². The number of hydrogen-bond donors (Lipinski definition) is 2. The molecule has 3 aromatic heterocycles. The Morgan fingerprint density at radius 1 is 1.00 bits per heavy atom. The zero-order valence-electron chi connectivity index (χ0n) is 23.2. The summed E-state index contributed by atoms with van der Waals surface area (Å²) in [6, 6.07) is 14.9. The highest BCUT2D eigenvalue weighted by Gasteiger charge is 2.33. The zero-order valence-corrected chi connectivity index (χ0v) is 23.2. The van der Waals surface area contributed by atoms with Gasteiger partial charge in [-0.3, -0.25) is 23.6 Å². The van der Waals surface area contributed by atoms with Gasteiger partial charge in [-0.15, -0.1) is 0 Å². The molecule has 0 saturated carbocycles. The highest BCUT2D eigenvalue weighted by Crippen LogP contribution is 2.28. The molecule has 3 N–H and O–H groups in total. The normalized spacial score (nSPS) is 15.5. The predicted molar refractivity (Wildman–Crippen MR) is 154 cm³/mol. The molecule has 5 aromatic rings. The first-order valence-electron chi connectivity index (χ1n) is 13.7. The molecule has 1 saturated heterocycles. The number of aromatic nitrogens is 6. The molecule has 41 heavy (non-hydrogen) atoms. The number of rotatable bonds is 7. The summed E-state index contributed by atoms with van der Waals surface area (Å²) in [6.45, 7) is 2.18. The van der Waals surface area contributed by atoms with Crippen molar-refractivity contribution in [1.29, 1.82) is 0 Å². The Morgan fingerprint density at radius 2 is 1.73 bits per heavy atom. The van der Waals surface area contributed by atoms with Gasteiger partial charge >= 0.3 is 0 Å². The summed E-state index contributed by atoms with van der Waals surface area (Å²) >= 11 is 0. The van der Waals surface area contributed by atoms with Crippen molar-refractivity contribution in [3.8, 4) is 22.5 Å². The van der Waals surface area contributed by atoms with Gasteiger partial charge in [-0.25, -0.2) is 9.37 Å². The van der Waals surface area contributed by atoms with Crippen LogP contribution < -0.4 is 11.3 Å². The van der Waals surface area contributed by atoms with E-state index < -0.39 is 5.60 Å². The Morgan fingerprint density at radius 3 is 2.39 bits per heavy atom. The van der Waals surface area contributed by atoms with Crippen LogP contribution in [0.25, 0.3) is 33.5 Å². The summed E-state index contributed by atoms with van der Waals surface area (Å²) in [7, 11) is 3.62. The molecule has 4 heterocycles. The number of nitrogens with two attached hydrogens (primary N) is 1. The number of halogens is 1. The predicted octanol–water partition coefficient (Wildman–Crippen LogP) is 2.82. The van der Waals surface area contributed by atoms with Crippen LogP contribution in [-0.4, -0.2) is 57.8 Å². The monoisotopic (exact) mass is 556 g/mol. The van der Waals surface area contributed by atoms with Crippen LogP contribution in [0.5, 0.6) is 0 Å². The van der Waals surface area contributed by atoms with E-state index in [1.165, 1.54) is 10.9 Å². The van der Waals surface area contributed by atoms with E-state index >= 15 is 0 Å². The van der Waals surface area contributed by atoms with Gasteiger partial charge in [0.05, 0.1) is 29.9 Å². The minimum Gasteiger partial charge on any atom is -0.388 e. The van der Waals surface area contributed by atoms with Crippen LogP contribution in [0.1, 0.15) is 24.0 Å². The maximum Gasteiger partial charge on any atom is 0.281 e. The van der Waals surface area contributed by atoms with Gasteiger partial charge in [-0.2, -0.15) is 10.2 Å². The third kappa shape index (κ3) is 5.19. The van der Waals surface area contributed by atoms with Crippen molar-refractivity contribution in [3.63, 3.8) is 0 Å². The van der Waals surface area contributed by atoms with Gasteiger partial charge in [0.15, 0.2) is 5.52 Å². The fourth-order valence-corrected chi connectivity index (χ4v) is 5.67. The lowest BCUT2D eigenvalue weighted by Crippen LogP contribution is -2.47. The van der Waals surface area contributed by atoms with Crippen LogP contribution in [-0.2, 0) is 33.7 Å². The molecule has 10 nitrogen and oxygen atoms in total. The standard InChI is InChI=1S/C30H33FN8O2/c1-36-25(9-12-34-36)22-7-8-23(24(31)15-22)17-38-13-10-30(41,11-14-38)18-39-19-33-26-27(29(39)40)35-37(2)28(26)21-5-3-20(16-32)4-6-21/h3-9,12,15,19,41H,10-11,13-14,16-18,32H2,1-2H3. The van der Waals surface area contributed by atoms with Crippen molar-refractivity contribution in [2.45, 2.75) is 38.1 Å². The van der Waals surface area contributed by atoms with E-state index in [0.29, 0.717) is 50.1 Å². The number of piperidine rings is 1. The largest absolute Gasteiger partial charge is 0.388 e. The summed E-state index contributed by atoms with van der Waals surface area (Å²) < 4.78 is 19.8. The molecule has 0 spiro atoms. The van der Waals surface area contributed by atoms with Crippen LogP contribution in [0.3, 0.4) is 0 Å². The SMILES string of the molecule is Cn1nccc1-c1ccc(CN2CCC(O)(Cn3cnc4c(-c5ccc(CN)cc5)n(C)nc4c3=O)CC2)c(F)c1. The third-order valence-corrected chi connectivity index (χ3v) is 8.09. The second-order valence-corrected chi connectivity index (χ2v) is 10.9. The molecule has 212 valence electrons. The minimum absolute atomic E-state index is 0.119. The Labute approximate surface area is 236 Å². The molecule has 0 atom stereocenters. The zero-order chi connectivity index (χ0) is 28.7. The number of fused-ring (bicyclic) bond motifs is 1. The number of likely N-dealkylation sites (tertiary alicyclic amines) is 1. The number of nitrogens with zero attached hydrogens (tertiary/aromatic N) is 7. The summed E-state index contributed by atoms with van der Waals surface area (Å²) in [5, 5.41) is 20.0. The van der Waals surface area contributed by atoms with Gasteiger partial charge in [0.2, 0.25) is 0 Å². The molecule has 6 rings (SSSR count). The number of aliphatic hydroxyl groups is 1. The van der Waals surface area contributed by atoms with Crippen molar-refractivity contribution in [2.75, 3.05) is 13.1 Å². The fourth-order valence-electron chi connectivity index (χ4n) is 5.67. The van der Waals surface area contributed by atoms with E-state index in [0.717, 1.165) is 28.1 Å². The lowest BCUT2D eigenvalue weighted by molar-refractivity contribution is -0.0366. The van der Waals surface area contributed by atoms with E-state index in [4.69, 9.17) is 5.73 Å². The van der Waals surface area contributed by atoms with Crippen molar-refractivity contribution >= 4 is 11.0 Å². The lowest BCUT2D eigenvalue weighted by Gasteiger charge is -2.38. The molecule has 2 aromatic carbocycles. The molecule has 0 radical (unpaired) electrons. The van der Waals surface area contributed by atoms with Gasteiger partial charge in [0.1, 0.15) is 11.3 Å². The molecular weight excluding hydrogens is 523 g/mol. The first kappa shape index (κ1) is 27.0. The van der Waals surface area contributed by atoms with E-state index in [1.807, 2.05) is 49.5 Å². The average Bonchev–Trinajstić information content (AvgIpc) is 3.55. The van der Waals surface area contributed by atoms with Gasteiger partial charge in [0, 0.05) is 63.2 Å². The van der Waals surface area contributed by atoms with E-state index in [-0.39, 0.29) is 23.4 Å². The van der Waals surface area contributed by atoms with Crippen LogP contribution in [0, 0.1) is 5.82 Å². The topological polar surface area (TPSA) is 120 Å². The smallest absolute Gasteiger partial charge is 0.281 e. The molecule has 1 aliphatic rings. The molecule has 0 aliphatic carbocycles. The van der Waals surface area contributed by atoms with E-state index in [2.05, 4.69) is 20.1 Å². The summed E-state index contributed by atoms with van der Waals surface area (Å²) in [5.41, 5.74) is 10.0. The second-order valence-electron chi connectivity index (χ2n) is 10.9.